The van der Waals surface area contributed by atoms with E-state index in [9.17, 15) is 9.59 Å². The fourth-order valence-electron chi connectivity index (χ4n) is 0.960. The lowest BCUT2D eigenvalue weighted by Crippen LogP contribution is -2.20. The van der Waals surface area contributed by atoms with Crippen molar-refractivity contribution >= 4 is 11.7 Å². The number of nitrogens with zero attached hydrogens (tertiary/aromatic N) is 1. The van der Waals surface area contributed by atoms with Crippen molar-refractivity contribution in [3.63, 3.8) is 0 Å². The van der Waals surface area contributed by atoms with Gasteiger partial charge < -0.3 is 4.90 Å². The van der Waals surface area contributed by atoms with E-state index in [2.05, 4.69) is 0 Å². The predicted molar refractivity (Wildman–Crippen MR) is 45.3 cm³/mol. The van der Waals surface area contributed by atoms with Gasteiger partial charge in [0.25, 0.3) is 0 Å². The zero-order valence-electron chi connectivity index (χ0n) is 7.20. The topological polar surface area (TPSA) is 37.4 Å². The Kier molecular flexibility index (Phi) is 2.43. The third-order valence-electron chi connectivity index (χ3n) is 1.79. The normalized spacial score (nSPS) is 17.3. The van der Waals surface area contributed by atoms with Gasteiger partial charge in [-0.25, -0.2) is 0 Å². The smallest absolute Gasteiger partial charge is 0.230 e. The first-order valence-corrected chi connectivity index (χ1v) is 3.75. The molecule has 0 aliphatic carbocycles. The van der Waals surface area contributed by atoms with Crippen molar-refractivity contribution in [2.24, 2.45) is 0 Å². The van der Waals surface area contributed by atoms with Crippen LogP contribution in [0.2, 0.25) is 0 Å². The van der Waals surface area contributed by atoms with Crippen molar-refractivity contribution < 1.29 is 9.59 Å². The maximum Gasteiger partial charge on any atom is 0.230 e. The molecule has 0 aromatic rings. The Morgan fingerprint density at radius 1 is 1.58 bits per heavy atom. The summed E-state index contributed by atoms with van der Waals surface area (Å²) in [4.78, 5) is 23.6. The van der Waals surface area contributed by atoms with Crippen LogP contribution in [0.25, 0.3) is 0 Å². The maximum absolute atomic E-state index is 11.2. The molecule has 0 aromatic heterocycles. The lowest BCUT2D eigenvalue weighted by molar-refractivity contribution is -0.127. The molecule has 0 saturated heterocycles. The summed E-state index contributed by atoms with van der Waals surface area (Å²) in [5.41, 5.74) is 0.570. The molecule has 0 fully saturated rings. The molecule has 12 heavy (non-hydrogen) atoms. The molecule has 1 rings (SSSR count). The SMILES string of the molecule is CC(=O)C1=CC=CN(C)C(=O)C1. The zero-order valence-corrected chi connectivity index (χ0v) is 7.20. The van der Waals surface area contributed by atoms with Gasteiger partial charge in [-0.1, -0.05) is 6.08 Å². The highest BCUT2D eigenvalue weighted by molar-refractivity contribution is 5.99. The van der Waals surface area contributed by atoms with Gasteiger partial charge in [-0.2, -0.15) is 0 Å². The molecule has 0 unspecified atom stereocenters. The van der Waals surface area contributed by atoms with Gasteiger partial charge >= 0.3 is 0 Å². The molecule has 1 aliphatic heterocycles. The van der Waals surface area contributed by atoms with Gasteiger partial charge in [0.2, 0.25) is 5.91 Å². The number of amides is 1. The Morgan fingerprint density at radius 2 is 2.25 bits per heavy atom. The summed E-state index contributed by atoms with van der Waals surface area (Å²) in [6.45, 7) is 1.47. The van der Waals surface area contributed by atoms with Crippen molar-refractivity contribution in [1.82, 2.24) is 4.90 Å². The lowest BCUT2D eigenvalue weighted by atomic mass is 10.1. The van der Waals surface area contributed by atoms with Crippen LogP contribution in [0.15, 0.2) is 23.9 Å². The van der Waals surface area contributed by atoms with Gasteiger partial charge in [-0.3, -0.25) is 9.59 Å². The highest BCUT2D eigenvalue weighted by Gasteiger charge is 2.13. The summed E-state index contributed by atoms with van der Waals surface area (Å²) in [5, 5.41) is 0. The van der Waals surface area contributed by atoms with Crippen LogP contribution < -0.4 is 0 Å². The van der Waals surface area contributed by atoms with Crippen LogP contribution in [-0.4, -0.2) is 23.6 Å². The van der Waals surface area contributed by atoms with Gasteiger partial charge in [0, 0.05) is 18.8 Å². The Hall–Kier alpha value is -1.38. The number of ketones is 1. The van der Waals surface area contributed by atoms with E-state index < -0.39 is 0 Å². The molecular weight excluding hydrogens is 154 g/mol. The van der Waals surface area contributed by atoms with Gasteiger partial charge in [-0.15, -0.1) is 0 Å². The summed E-state index contributed by atoms with van der Waals surface area (Å²) < 4.78 is 0. The fourth-order valence-corrected chi connectivity index (χ4v) is 0.960. The quantitative estimate of drug-likeness (QED) is 0.578. The molecular formula is C9H11NO2. The number of carbonyl (C=O) groups excluding carboxylic acids is 2. The Balaban J connectivity index is 2.84. The molecule has 0 aromatic carbocycles. The number of Topliss-reactive ketones (excluding diaryl/α,β-unsaturated/α-hetero) is 1. The average molecular weight is 165 g/mol. The molecule has 0 atom stereocenters. The number of allylic oxidation sites excluding steroid dienone is 2. The first-order chi connectivity index (χ1) is 5.61. The number of rotatable bonds is 1. The largest absolute Gasteiger partial charge is 0.322 e. The van der Waals surface area contributed by atoms with E-state index >= 15 is 0 Å². The molecule has 1 heterocycles. The Morgan fingerprint density at radius 3 is 2.83 bits per heavy atom. The molecule has 3 heteroatoms. The van der Waals surface area contributed by atoms with E-state index in [1.807, 2.05) is 0 Å². The predicted octanol–water partition coefficient (Wildman–Crippen LogP) is 0.878. The van der Waals surface area contributed by atoms with Crippen molar-refractivity contribution in [3.8, 4) is 0 Å². The molecule has 64 valence electrons. The summed E-state index contributed by atoms with van der Waals surface area (Å²) in [7, 11) is 1.68. The first kappa shape index (κ1) is 8.71. The van der Waals surface area contributed by atoms with Crippen LogP contribution in [0, 0.1) is 0 Å². The second-order valence-electron chi connectivity index (χ2n) is 2.77. The molecule has 1 amide bonds. The maximum atomic E-state index is 11.2. The third-order valence-corrected chi connectivity index (χ3v) is 1.79. The number of hydrogen-bond donors (Lipinski definition) is 0. The number of hydrogen-bond acceptors (Lipinski definition) is 2. The minimum atomic E-state index is -0.0507. The van der Waals surface area contributed by atoms with Crippen LogP contribution in [0.5, 0.6) is 0 Å². The first-order valence-electron chi connectivity index (χ1n) is 3.75. The third kappa shape index (κ3) is 1.81. The Bertz CT molecular complexity index is 276. The van der Waals surface area contributed by atoms with Crippen LogP contribution in [0.3, 0.4) is 0 Å². The molecule has 0 radical (unpaired) electrons. The Labute approximate surface area is 71.4 Å². The van der Waals surface area contributed by atoms with Gasteiger partial charge in [0.15, 0.2) is 5.78 Å². The minimum Gasteiger partial charge on any atom is -0.322 e. The van der Waals surface area contributed by atoms with Crippen molar-refractivity contribution in [1.29, 1.82) is 0 Å². The molecule has 0 bridgehead atoms. The average Bonchev–Trinajstić information content (AvgIpc) is 2.15. The monoisotopic (exact) mass is 165 g/mol. The van der Waals surface area contributed by atoms with Crippen molar-refractivity contribution in [3.05, 3.63) is 23.9 Å². The van der Waals surface area contributed by atoms with E-state index in [-0.39, 0.29) is 18.1 Å². The second-order valence-corrected chi connectivity index (χ2v) is 2.77. The van der Waals surface area contributed by atoms with Crippen LogP contribution >= 0.6 is 0 Å². The molecule has 0 spiro atoms. The van der Waals surface area contributed by atoms with Crippen molar-refractivity contribution in [2.75, 3.05) is 7.05 Å². The summed E-state index contributed by atoms with van der Waals surface area (Å²) >= 11 is 0. The standard InChI is InChI=1S/C9H11NO2/c1-7(11)8-4-3-5-10(2)9(12)6-8/h3-5H,6H2,1-2H3. The highest BCUT2D eigenvalue weighted by Crippen LogP contribution is 2.09. The van der Waals surface area contributed by atoms with Gasteiger partial charge in [-0.05, 0) is 13.0 Å². The van der Waals surface area contributed by atoms with E-state index in [0.29, 0.717) is 5.57 Å². The summed E-state index contributed by atoms with van der Waals surface area (Å²) in [6, 6.07) is 0. The van der Waals surface area contributed by atoms with Crippen molar-refractivity contribution in [2.45, 2.75) is 13.3 Å². The summed E-state index contributed by atoms with van der Waals surface area (Å²) in [6.07, 6.45) is 5.25. The summed E-state index contributed by atoms with van der Waals surface area (Å²) in [5.74, 6) is -0.0894. The fraction of sp³-hybridized carbons (Fsp3) is 0.333. The van der Waals surface area contributed by atoms with E-state index in [4.69, 9.17) is 0 Å². The van der Waals surface area contributed by atoms with Crippen LogP contribution in [0.4, 0.5) is 0 Å². The molecule has 0 saturated carbocycles. The molecule has 0 N–H and O–H groups in total. The lowest BCUT2D eigenvalue weighted by Gasteiger charge is -2.09. The second kappa shape index (κ2) is 3.34. The minimum absolute atomic E-state index is 0.0386. The van der Waals surface area contributed by atoms with Crippen LogP contribution in [-0.2, 0) is 9.59 Å². The zero-order chi connectivity index (χ0) is 9.14. The van der Waals surface area contributed by atoms with E-state index in [1.54, 1.807) is 25.4 Å². The molecule has 1 aliphatic rings. The van der Waals surface area contributed by atoms with Gasteiger partial charge in [0.05, 0.1) is 6.42 Å². The number of carbonyl (C=O) groups is 2. The van der Waals surface area contributed by atoms with Crippen LogP contribution in [0.1, 0.15) is 13.3 Å². The highest BCUT2D eigenvalue weighted by atomic mass is 16.2. The van der Waals surface area contributed by atoms with E-state index in [0.717, 1.165) is 0 Å². The van der Waals surface area contributed by atoms with Gasteiger partial charge in [0.1, 0.15) is 0 Å². The van der Waals surface area contributed by atoms with E-state index in [1.165, 1.54) is 11.8 Å². The molecule has 3 nitrogen and oxygen atoms in total.